The summed E-state index contributed by atoms with van der Waals surface area (Å²) in [4.78, 5) is 18.5. The minimum absolute atomic E-state index is 0.180. The average Bonchev–Trinajstić information content (AvgIpc) is 3.34. The summed E-state index contributed by atoms with van der Waals surface area (Å²) >= 11 is 0. The molecular weight excluding hydrogens is 330 g/mol. The zero-order valence-corrected chi connectivity index (χ0v) is 14.4. The smallest absolute Gasteiger partial charge is 0.286 e. The number of amides is 1. The first-order valence-electron chi connectivity index (χ1n) is 8.75. The molecular formula is C19H21N5O2. The third kappa shape index (κ3) is 3.67. The maximum Gasteiger partial charge on any atom is 0.286 e. The zero-order valence-electron chi connectivity index (χ0n) is 14.4. The van der Waals surface area contributed by atoms with Crippen molar-refractivity contribution in [3.05, 3.63) is 72.2 Å². The Balaban J connectivity index is 1.38. The fraction of sp³-hybridized carbons (Fsp3) is 0.316. The normalized spacial score (nSPS) is 17.0. The van der Waals surface area contributed by atoms with Gasteiger partial charge >= 0.3 is 0 Å². The van der Waals surface area contributed by atoms with Gasteiger partial charge in [-0.25, -0.2) is 0 Å². The second kappa shape index (κ2) is 7.53. The van der Waals surface area contributed by atoms with Crippen LogP contribution >= 0.6 is 0 Å². The van der Waals surface area contributed by atoms with Gasteiger partial charge in [0.05, 0.1) is 18.0 Å². The van der Waals surface area contributed by atoms with Crippen LogP contribution < -0.4 is 5.32 Å². The standard InChI is InChI=1S/C19H21N5O2/c25-19(18-2-1-11-26-18)21-9-5-16-13-23(12-15-3-7-20-8-4-15)14-17-6-10-22-24(16)17/h1-4,6-8,10-11,16H,5,9,12-14H2,(H,21,25)/t16-/m1/s1. The summed E-state index contributed by atoms with van der Waals surface area (Å²) in [5.41, 5.74) is 2.45. The Morgan fingerprint density at radius 1 is 1.23 bits per heavy atom. The molecule has 0 aliphatic carbocycles. The average molecular weight is 351 g/mol. The van der Waals surface area contributed by atoms with E-state index >= 15 is 0 Å². The number of hydrogen-bond donors (Lipinski definition) is 1. The van der Waals surface area contributed by atoms with E-state index in [9.17, 15) is 4.79 Å². The summed E-state index contributed by atoms with van der Waals surface area (Å²) in [6.45, 7) is 3.22. The third-order valence-corrected chi connectivity index (χ3v) is 4.62. The van der Waals surface area contributed by atoms with Gasteiger partial charge in [-0.05, 0) is 42.3 Å². The lowest BCUT2D eigenvalue weighted by Crippen LogP contribution is -2.38. The topological polar surface area (TPSA) is 76.2 Å². The van der Waals surface area contributed by atoms with Crippen molar-refractivity contribution < 1.29 is 9.21 Å². The van der Waals surface area contributed by atoms with Crippen molar-refractivity contribution >= 4 is 5.91 Å². The largest absolute Gasteiger partial charge is 0.459 e. The maximum atomic E-state index is 12.0. The monoisotopic (exact) mass is 351 g/mol. The molecule has 7 heteroatoms. The van der Waals surface area contributed by atoms with Crippen molar-refractivity contribution in [3.63, 3.8) is 0 Å². The number of nitrogens with zero attached hydrogens (tertiary/aromatic N) is 4. The molecule has 0 fully saturated rings. The van der Waals surface area contributed by atoms with Gasteiger partial charge in [0.1, 0.15) is 0 Å². The van der Waals surface area contributed by atoms with Crippen LogP contribution in [0.25, 0.3) is 0 Å². The molecule has 0 saturated carbocycles. The second-order valence-corrected chi connectivity index (χ2v) is 6.47. The van der Waals surface area contributed by atoms with E-state index in [0.717, 1.165) is 26.1 Å². The first kappa shape index (κ1) is 16.5. The number of pyridine rings is 1. The molecule has 0 aromatic carbocycles. The Morgan fingerprint density at radius 3 is 2.92 bits per heavy atom. The molecule has 7 nitrogen and oxygen atoms in total. The van der Waals surface area contributed by atoms with Crippen LogP contribution in [0.15, 0.2) is 59.6 Å². The molecule has 0 unspecified atom stereocenters. The minimum atomic E-state index is -0.180. The first-order chi connectivity index (χ1) is 12.8. The SMILES string of the molecule is O=C(NCC[C@@H]1CN(Cc2ccncc2)Cc2ccnn21)c1ccco1. The number of aromatic nitrogens is 3. The molecule has 134 valence electrons. The fourth-order valence-electron chi connectivity index (χ4n) is 3.39. The predicted octanol–water partition coefficient (Wildman–Crippen LogP) is 2.25. The molecule has 0 saturated heterocycles. The highest BCUT2D eigenvalue weighted by molar-refractivity contribution is 5.91. The van der Waals surface area contributed by atoms with Crippen molar-refractivity contribution in [2.24, 2.45) is 0 Å². The van der Waals surface area contributed by atoms with Gasteiger partial charge in [-0.15, -0.1) is 0 Å². The Morgan fingerprint density at radius 2 is 2.12 bits per heavy atom. The molecule has 1 amide bonds. The summed E-state index contributed by atoms with van der Waals surface area (Å²) in [7, 11) is 0. The van der Waals surface area contributed by atoms with E-state index in [1.54, 1.807) is 12.1 Å². The van der Waals surface area contributed by atoms with E-state index < -0.39 is 0 Å². The summed E-state index contributed by atoms with van der Waals surface area (Å²) in [6.07, 6.45) is 7.81. The van der Waals surface area contributed by atoms with E-state index in [0.29, 0.717) is 12.3 Å². The van der Waals surface area contributed by atoms with Crippen LogP contribution in [-0.2, 0) is 13.1 Å². The molecule has 4 rings (SSSR count). The zero-order chi connectivity index (χ0) is 17.8. The van der Waals surface area contributed by atoms with Gasteiger partial charge in [-0.3, -0.25) is 19.4 Å². The van der Waals surface area contributed by atoms with Crippen LogP contribution in [0.3, 0.4) is 0 Å². The lowest BCUT2D eigenvalue weighted by atomic mass is 10.1. The molecule has 1 aliphatic rings. The molecule has 26 heavy (non-hydrogen) atoms. The third-order valence-electron chi connectivity index (χ3n) is 4.62. The van der Waals surface area contributed by atoms with E-state index in [2.05, 4.69) is 31.0 Å². The van der Waals surface area contributed by atoms with E-state index in [-0.39, 0.29) is 11.9 Å². The van der Waals surface area contributed by atoms with Crippen molar-refractivity contribution in [3.8, 4) is 0 Å². The summed E-state index contributed by atoms with van der Waals surface area (Å²) in [5, 5.41) is 7.40. The molecule has 3 aromatic heterocycles. The van der Waals surface area contributed by atoms with Crippen molar-refractivity contribution in [1.29, 1.82) is 0 Å². The van der Waals surface area contributed by atoms with Crippen LogP contribution in [0.1, 0.15) is 34.3 Å². The molecule has 0 spiro atoms. The lowest BCUT2D eigenvalue weighted by molar-refractivity contribution is 0.0919. The molecule has 0 radical (unpaired) electrons. The van der Waals surface area contributed by atoms with Crippen molar-refractivity contribution in [2.75, 3.05) is 13.1 Å². The van der Waals surface area contributed by atoms with Crippen LogP contribution in [0.2, 0.25) is 0 Å². The van der Waals surface area contributed by atoms with E-state index in [1.807, 2.05) is 30.7 Å². The predicted molar refractivity (Wildman–Crippen MR) is 95.3 cm³/mol. The number of fused-ring (bicyclic) bond motifs is 1. The van der Waals surface area contributed by atoms with Gasteiger partial charge in [-0.2, -0.15) is 5.10 Å². The van der Waals surface area contributed by atoms with Gasteiger partial charge in [-0.1, -0.05) is 0 Å². The van der Waals surface area contributed by atoms with E-state index in [4.69, 9.17) is 4.42 Å². The van der Waals surface area contributed by atoms with Crippen LogP contribution in [0, 0.1) is 0 Å². The number of nitrogens with one attached hydrogen (secondary N) is 1. The Labute approximate surface area is 151 Å². The number of rotatable bonds is 6. The van der Waals surface area contributed by atoms with Crippen molar-refractivity contribution in [2.45, 2.75) is 25.6 Å². The maximum absolute atomic E-state index is 12.0. The molecule has 4 heterocycles. The van der Waals surface area contributed by atoms with Gasteiger partial charge in [0.15, 0.2) is 5.76 Å². The van der Waals surface area contributed by atoms with Crippen LogP contribution in [0.4, 0.5) is 0 Å². The fourth-order valence-corrected chi connectivity index (χ4v) is 3.39. The molecule has 0 bridgehead atoms. The molecule has 1 aliphatic heterocycles. The number of carbonyl (C=O) groups is 1. The Hall–Kier alpha value is -2.93. The van der Waals surface area contributed by atoms with Crippen LogP contribution in [-0.4, -0.2) is 38.7 Å². The highest BCUT2D eigenvalue weighted by atomic mass is 16.3. The second-order valence-electron chi connectivity index (χ2n) is 6.47. The highest BCUT2D eigenvalue weighted by Crippen LogP contribution is 2.24. The number of hydrogen-bond acceptors (Lipinski definition) is 5. The Kier molecular flexibility index (Phi) is 4.79. The lowest BCUT2D eigenvalue weighted by Gasteiger charge is -2.34. The van der Waals surface area contributed by atoms with Gasteiger partial charge in [0, 0.05) is 44.8 Å². The number of carbonyl (C=O) groups excluding carboxylic acids is 1. The van der Waals surface area contributed by atoms with Gasteiger partial charge < -0.3 is 9.73 Å². The summed E-state index contributed by atoms with van der Waals surface area (Å²) < 4.78 is 7.21. The Bertz CT molecular complexity index is 844. The molecule has 1 atom stereocenters. The van der Waals surface area contributed by atoms with Crippen molar-refractivity contribution in [1.82, 2.24) is 25.0 Å². The van der Waals surface area contributed by atoms with E-state index in [1.165, 1.54) is 17.5 Å². The molecule has 1 N–H and O–H groups in total. The van der Waals surface area contributed by atoms with Crippen LogP contribution in [0.5, 0.6) is 0 Å². The highest BCUT2D eigenvalue weighted by Gasteiger charge is 2.25. The summed E-state index contributed by atoms with van der Waals surface area (Å²) in [5.74, 6) is 0.160. The first-order valence-corrected chi connectivity index (χ1v) is 8.75. The van der Waals surface area contributed by atoms with Gasteiger partial charge in [0.2, 0.25) is 0 Å². The minimum Gasteiger partial charge on any atom is -0.459 e. The van der Waals surface area contributed by atoms with Gasteiger partial charge in [0.25, 0.3) is 5.91 Å². The quantitative estimate of drug-likeness (QED) is 0.737. The molecule has 3 aromatic rings. The summed E-state index contributed by atoms with van der Waals surface area (Å²) in [6, 6.07) is 9.76. The number of furan rings is 1.